The third kappa shape index (κ3) is 4.48. The maximum atomic E-state index is 13.6. The Bertz CT molecular complexity index is 977. The molecule has 6 nitrogen and oxygen atoms in total. The maximum Gasteiger partial charge on any atom is 0.234 e. The number of nitrogens with one attached hydrogen (secondary N) is 1. The van der Waals surface area contributed by atoms with Gasteiger partial charge in [0.2, 0.25) is 5.91 Å². The summed E-state index contributed by atoms with van der Waals surface area (Å²) in [6.07, 6.45) is 0. The van der Waals surface area contributed by atoms with Crippen molar-refractivity contribution in [1.82, 2.24) is 14.8 Å². The Morgan fingerprint density at radius 1 is 1.18 bits per heavy atom. The Balaban J connectivity index is 1.64. The smallest absolute Gasteiger partial charge is 0.234 e. The summed E-state index contributed by atoms with van der Waals surface area (Å²) >= 11 is 1.15. The zero-order valence-electron chi connectivity index (χ0n) is 15.3. The van der Waals surface area contributed by atoms with Crippen molar-refractivity contribution in [1.29, 1.82) is 0 Å². The van der Waals surface area contributed by atoms with E-state index in [0.29, 0.717) is 17.6 Å². The van der Waals surface area contributed by atoms with Crippen LogP contribution in [0, 0.1) is 11.6 Å². The molecule has 0 aliphatic rings. The van der Waals surface area contributed by atoms with Gasteiger partial charge in [0.1, 0.15) is 5.75 Å². The van der Waals surface area contributed by atoms with Crippen LogP contribution in [0.3, 0.4) is 0 Å². The molecule has 3 rings (SSSR count). The lowest BCUT2D eigenvalue weighted by atomic mass is 10.2. The van der Waals surface area contributed by atoms with E-state index >= 15 is 0 Å². The molecule has 0 saturated carbocycles. The Hall–Kier alpha value is -2.94. The largest absolute Gasteiger partial charge is 0.494 e. The molecule has 0 unspecified atom stereocenters. The van der Waals surface area contributed by atoms with Gasteiger partial charge in [0.15, 0.2) is 22.6 Å². The van der Waals surface area contributed by atoms with Gasteiger partial charge in [-0.1, -0.05) is 17.8 Å². The van der Waals surface area contributed by atoms with Crippen LogP contribution < -0.4 is 10.1 Å². The van der Waals surface area contributed by atoms with E-state index in [0.717, 1.165) is 29.1 Å². The highest BCUT2D eigenvalue weighted by molar-refractivity contribution is 7.99. The van der Waals surface area contributed by atoms with Crippen LogP contribution in [0.4, 0.5) is 14.5 Å². The van der Waals surface area contributed by atoms with Gasteiger partial charge >= 0.3 is 0 Å². The van der Waals surface area contributed by atoms with Gasteiger partial charge in [-0.2, -0.15) is 0 Å². The quantitative estimate of drug-likeness (QED) is 0.605. The van der Waals surface area contributed by atoms with Gasteiger partial charge < -0.3 is 14.6 Å². The molecule has 1 amide bonds. The predicted molar refractivity (Wildman–Crippen MR) is 103 cm³/mol. The monoisotopic (exact) mass is 404 g/mol. The Labute approximate surface area is 164 Å². The number of anilines is 1. The summed E-state index contributed by atoms with van der Waals surface area (Å²) in [4.78, 5) is 12.0. The number of benzene rings is 2. The SMILES string of the molecule is CCOc1ccc(-c2nnc(SCC(=O)Nc3cccc(F)c3F)n2C)cc1. The molecular weight excluding hydrogens is 386 g/mol. The number of amides is 1. The molecule has 28 heavy (non-hydrogen) atoms. The molecule has 0 saturated heterocycles. The van der Waals surface area contributed by atoms with Gasteiger partial charge in [-0.25, -0.2) is 8.78 Å². The number of carbonyl (C=O) groups is 1. The van der Waals surface area contributed by atoms with E-state index in [1.807, 2.05) is 31.2 Å². The number of ether oxygens (including phenoxy) is 1. The molecule has 0 radical (unpaired) electrons. The van der Waals surface area contributed by atoms with Crippen LogP contribution in [0.15, 0.2) is 47.6 Å². The average molecular weight is 404 g/mol. The second-order valence-electron chi connectivity index (χ2n) is 5.76. The third-order valence-corrected chi connectivity index (χ3v) is 4.84. The fraction of sp³-hybridized carbons (Fsp3) is 0.211. The minimum absolute atomic E-state index is 0.0226. The summed E-state index contributed by atoms with van der Waals surface area (Å²) in [5.41, 5.74) is 0.662. The molecule has 2 aromatic carbocycles. The van der Waals surface area contributed by atoms with Crippen LogP contribution in [-0.2, 0) is 11.8 Å². The zero-order valence-corrected chi connectivity index (χ0v) is 16.1. The first-order valence-corrected chi connectivity index (χ1v) is 9.47. The van der Waals surface area contributed by atoms with Crippen LogP contribution in [-0.4, -0.2) is 33.0 Å². The molecule has 0 fully saturated rings. The van der Waals surface area contributed by atoms with E-state index in [1.54, 1.807) is 11.6 Å². The van der Waals surface area contributed by atoms with Gasteiger partial charge in [-0.15, -0.1) is 10.2 Å². The minimum atomic E-state index is -1.09. The van der Waals surface area contributed by atoms with Crippen molar-refractivity contribution in [2.45, 2.75) is 12.1 Å². The van der Waals surface area contributed by atoms with E-state index in [-0.39, 0.29) is 11.4 Å². The van der Waals surface area contributed by atoms with Crippen LogP contribution >= 0.6 is 11.8 Å². The van der Waals surface area contributed by atoms with Gasteiger partial charge in [0, 0.05) is 12.6 Å². The van der Waals surface area contributed by atoms with Crippen LogP contribution in [0.25, 0.3) is 11.4 Å². The Kier molecular flexibility index (Phi) is 6.25. The predicted octanol–water partition coefficient (Wildman–Crippen LogP) is 3.89. The number of nitrogens with zero attached hydrogens (tertiary/aromatic N) is 3. The highest BCUT2D eigenvalue weighted by Crippen LogP contribution is 2.25. The summed E-state index contributed by atoms with van der Waals surface area (Å²) in [5.74, 6) is -1.19. The van der Waals surface area contributed by atoms with Crippen molar-refractivity contribution in [3.8, 4) is 17.1 Å². The van der Waals surface area contributed by atoms with Crippen LogP contribution in [0.1, 0.15) is 6.92 Å². The molecule has 0 bridgehead atoms. The number of rotatable bonds is 7. The van der Waals surface area contributed by atoms with Crippen molar-refractivity contribution in [3.05, 3.63) is 54.1 Å². The summed E-state index contributed by atoms with van der Waals surface area (Å²) in [6.45, 7) is 2.50. The van der Waals surface area contributed by atoms with E-state index < -0.39 is 17.5 Å². The lowest BCUT2D eigenvalue weighted by Crippen LogP contribution is -2.15. The van der Waals surface area contributed by atoms with E-state index in [2.05, 4.69) is 15.5 Å². The highest BCUT2D eigenvalue weighted by atomic mass is 32.2. The van der Waals surface area contributed by atoms with Crippen molar-refractivity contribution in [2.75, 3.05) is 17.7 Å². The van der Waals surface area contributed by atoms with Crippen molar-refractivity contribution >= 4 is 23.4 Å². The van der Waals surface area contributed by atoms with Crippen molar-refractivity contribution in [3.63, 3.8) is 0 Å². The molecule has 0 atom stereocenters. The van der Waals surface area contributed by atoms with E-state index in [1.165, 1.54) is 12.1 Å². The number of carbonyl (C=O) groups excluding carboxylic acids is 1. The van der Waals surface area contributed by atoms with Crippen LogP contribution in [0.2, 0.25) is 0 Å². The molecule has 0 aliphatic heterocycles. The number of aromatic nitrogens is 3. The Morgan fingerprint density at radius 3 is 2.64 bits per heavy atom. The normalized spacial score (nSPS) is 10.7. The summed E-state index contributed by atoms with van der Waals surface area (Å²) < 4.78 is 34.0. The summed E-state index contributed by atoms with van der Waals surface area (Å²) in [7, 11) is 1.79. The van der Waals surface area contributed by atoms with Crippen LogP contribution in [0.5, 0.6) is 5.75 Å². The molecule has 0 aliphatic carbocycles. The number of hydrogen-bond acceptors (Lipinski definition) is 5. The second kappa shape index (κ2) is 8.83. The van der Waals surface area contributed by atoms with Crippen molar-refractivity contribution < 1.29 is 18.3 Å². The molecular formula is C19H18F2N4O2S. The van der Waals surface area contributed by atoms with Gasteiger partial charge in [0.25, 0.3) is 0 Å². The number of halogens is 2. The molecule has 146 valence electrons. The first-order chi connectivity index (χ1) is 13.5. The first-order valence-electron chi connectivity index (χ1n) is 8.49. The molecule has 1 heterocycles. The fourth-order valence-corrected chi connectivity index (χ4v) is 3.19. The maximum absolute atomic E-state index is 13.6. The standard InChI is InChI=1S/C19H18F2N4O2S/c1-3-27-13-9-7-12(8-10-13)18-23-24-19(25(18)2)28-11-16(26)22-15-6-4-5-14(20)17(15)21/h4-10H,3,11H2,1-2H3,(H,22,26). The Morgan fingerprint density at radius 2 is 1.93 bits per heavy atom. The second-order valence-corrected chi connectivity index (χ2v) is 6.70. The first kappa shape index (κ1) is 19.8. The summed E-state index contributed by atoms with van der Waals surface area (Å²) in [6, 6.07) is 11.1. The highest BCUT2D eigenvalue weighted by Gasteiger charge is 2.15. The lowest BCUT2D eigenvalue weighted by Gasteiger charge is -2.07. The molecule has 3 aromatic rings. The lowest BCUT2D eigenvalue weighted by molar-refractivity contribution is -0.113. The molecule has 1 aromatic heterocycles. The molecule has 9 heteroatoms. The molecule has 0 spiro atoms. The number of hydrogen-bond donors (Lipinski definition) is 1. The minimum Gasteiger partial charge on any atom is -0.494 e. The zero-order chi connectivity index (χ0) is 20.1. The van der Waals surface area contributed by atoms with Crippen molar-refractivity contribution in [2.24, 2.45) is 7.05 Å². The average Bonchev–Trinajstić information content (AvgIpc) is 3.05. The topological polar surface area (TPSA) is 69.0 Å². The number of thioether (sulfide) groups is 1. The van der Waals surface area contributed by atoms with Gasteiger partial charge in [-0.3, -0.25) is 4.79 Å². The van der Waals surface area contributed by atoms with Gasteiger partial charge in [0.05, 0.1) is 18.0 Å². The van der Waals surface area contributed by atoms with E-state index in [9.17, 15) is 13.6 Å². The molecule has 1 N–H and O–H groups in total. The van der Waals surface area contributed by atoms with E-state index in [4.69, 9.17) is 4.74 Å². The fourth-order valence-electron chi connectivity index (χ4n) is 2.48. The van der Waals surface area contributed by atoms with Gasteiger partial charge in [-0.05, 0) is 43.3 Å². The summed E-state index contributed by atoms with van der Waals surface area (Å²) in [5, 5.41) is 11.1. The third-order valence-electron chi connectivity index (χ3n) is 3.82.